The maximum atomic E-state index is 10.8. The fourth-order valence-electron chi connectivity index (χ4n) is 1.90. The molecule has 0 fully saturated rings. The molecule has 0 aliphatic rings. The Morgan fingerprint density at radius 3 is 1.53 bits per heavy atom. The maximum Gasteiger partial charge on any atom is 0.317 e. The van der Waals surface area contributed by atoms with E-state index < -0.39 is 17.9 Å². The third-order valence-electron chi connectivity index (χ3n) is 3.48. The Labute approximate surface area is 90.3 Å². The Morgan fingerprint density at radius 1 is 1.00 bits per heavy atom. The van der Waals surface area contributed by atoms with E-state index in [1.807, 2.05) is 20.8 Å². The lowest BCUT2D eigenvalue weighted by Gasteiger charge is -2.31. The zero-order valence-corrected chi connectivity index (χ0v) is 9.62. The van der Waals surface area contributed by atoms with Gasteiger partial charge in [0.2, 0.25) is 0 Å². The first-order chi connectivity index (χ1) is 6.92. The molecule has 0 aliphatic heterocycles. The first kappa shape index (κ1) is 13.9. The van der Waals surface area contributed by atoms with Crippen molar-refractivity contribution in [2.75, 3.05) is 0 Å². The van der Waals surface area contributed by atoms with E-state index >= 15 is 0 Å². The molecule has 0 spiro atoms. The molecule has 0 saturated carbocycles. The molecule has 4 heteroatoms. The van der Waals surface area contributed by atoms with Crippen molar-refractivity contribution >= 4 is 11.9 Å². The Kier molecular flexibility index (Phi) is 5.33. The van der Waals surface area contributed by atoms with Crippen LogP contribution in [0.1, 0.15) is 46.5 Å². The third-order valence-corrected chi connectivity index (χ3v) is 3.48. The van der Waals surface area contributed by atoms with Crippen molar-refractivity contribution in [2.24, 2.45) is 11.3 Å². The van der Waals surface area contributed by atoms with Crippen LogP contribution in [0.5, 0.6) is 0 Å². The molecule has 0 aromatic carbocycles. The minimum Gasteiger partial charge on any atom is -0.481 e. The molecule has 0 aromatic heterocycles. The molecular weight excluding hydrogens is 196 g/mol. The lowest BCUT2D eigenvalue weighted by molar-refractivity contribution is -0.156. The summed E-state index contributed by atoms with van der Waals surface area (Å²) in [6, 6.07) is 0. The predicted molar refractivity (Wildman–Crippen MR) is 56.7 cm³/mol. The van der Waals surface area contributed by atoms with Crippen LogP contribution in [0, 0.1) is 11.3 Å². The second kappa shape index (κ2) is 5.73. The fourth-order valence-corrected chi connectivity index (χ4v) is 1.90. The van der Waals surface area contributed by atoms with Gasteiger partial charge in [-0.3, -0.25) is 9.59 Å². The Morgan fingerprint density at radius 2 is 1.33 bits per heavy atom. The van der Waals surface area contributed by atoms with Crippen LogP contribution in [0.3, 0.4) is 0 Å². The smallest absolute Gasteiger partial charge is 0.317 e. The number of aliphatic carboxylic acids is 2. The topological polar surface area (TPSA) is 74.6 Å². The van der Waals surface area contributed by atoms with Crippen LogP contribution in [-0.4, -0.2) is 22.2 Å². The van der Waals surface area contributed by atoms with Crippen molar-refractivity contribution in [3.8, 4) is 0 Å². The monoisotopic (exact) mass is 216 g/mol. The van der Waals surface area contributed by atoms with Gasteiger partial charge < -0.3 is 10.2 Å². The van der Waals surface area contributed by atoms with Crippen molar-refractivity contribution in [1.29, 1.82) is 0 Å². The van der Waals surface area contributed by atoms with E-state index in [2.05, 4.69) is 0 Å². The standard InChI is InChI=1S/C11H20O4/c1-4-11(5-2,6-3)7-8(9(12)13)10(14)15/h8H,4-7H2,1-3H3,(H,12,13)(H,14,15). The SMILES string of the molecule is CCC(CC)(CC)CC(C(=O)O)C(=O)O. The zero-order chi connectivity index (χ0) is 12.1. The van der Waals surface area contributed by atoms with Crippen LogP contribution >= 0.6 is 0 Å². The van der Waals surface area contributed by atoms with E-state index in [0.29, 0.717) is 0 Å². The normalized spacial score (nSPS) is 11.7. The van der Waals surface area contributed by atoms with Gasteiger partial charge in [-0.1, -0.05) is 40.0 Å². The van der Waals surface area contributed by atoms with E-state index in [1.54, 1.807) is 0 Å². The molecule has 0 heterocycles. The Hall–Kier alpha value is -1.06. The predicted octanol–water partition coefficient (Wildman–Crippen LogP) is 2.38. The quantitative estimate of drug-likeness (QED) is 0.641. The van der Waals surface area contributed by atoms with Crippen LogP contribution in [0.2, 0.25) is 0 Å². The number of rotatable bonds is 7. The van der Waals surface area contributed by atoms with E-state index in [9.17, 15) is 9.59 Å². The molecular formula is C11H20O4. The summed E-state index contributed by atoms with van der Waals surface area (Å²) in [5.41, 5.74) is -0.151. The van der Waals surface area contributed by atoms with Gasteiger partial charge in [-0.25, -0.2) is 0 Å². The van der Waals surface area contributed by atoms with Gasteiger partial charge in [0.05, 0.1) is 0 Å². The van der Waals surface area contributed by atoms with Crippen molar-refractivity contribution in [3.05, 3.63) is 0 Å². The summed E-state index contributed by atoms with van der Waals surface area (Å²) < 4.78 is 0. The summed E-state index contributed by atoms with van der Waals surface area (Å²) >= 11 is 0. The van der Waals surface area contributed by atoms with Crippen molar-refractivity contribution in [2.45, 2.75) is 46.5 Å². The van der Waals surface area contributed by atoms with Gasteiger partial charge in [0.1, 0.15) is 0 Å². The number of hydrogen-bond acceptors (Lipinski definition) is 2. The van der Waals surface area contributed by atoms with Crippen LogP contribution in [0.4, 0.5) is 0 Å². The molecule has 0 unspecified atom stereocenters. The summed E-state index contributed by atoms with van der Waals surface area (Å²) in [7, 11) is 0. The molecule has 4 nitrogen and oxygen atoms in total. The fraction of sp³-hybridized carbons (Fsp3) is 0.818. The molecule has 15 heavy (non-hydrogen) atoms. The molecule has 2 N–H and O–H groups in total. The number of carbonyl (C=O) groups is 2. The highest BCUT2D eigenvalue weighted by atomic mass is 16.4. The second-order valence-electron chi connectivity index (χ2n) is 3.99. The van der Waals surface area contributed by atoms with E-state index in [-0.39, 0.29) is 11.8 Å². The second-order valence-corrected chi connectivity index (χ2v) is 3.99. The summed E-state index contributed by atoms with van der Waals surface area (Å²) in [6.07, 6.45) is 2.67. The zero-order valence-electron chi connectivity index (χ0n) is 9.62. The summed E-state index contributed by atoms with van der Waals surface area (Å²) in [5.74, 6) is -3.74. The van der Waals surface area contributed by atoms with Gasteiger partial charge in [-0.05, 0) is 11.8 Å². The number of carboxylic acids is 2. The summed E-state index contributed by atoms with van der Waals surface area (Å²) in [6.45, 7) is 5.94. The van der Waals surface area contributed by atoms with Gasteiger partial charge in [0.15, 0.2) is 5.92 Å². The maximum absolute atomic E-state index is 10.8. The molecule has 0 amide bonds. The molecule has 0 atom stereocenters. The Balaban J connectivity index is 4.76. The minimum atomic E-state index is -1.27. The number of hydrogen-bond donors (Lipinski definition) is 2. The average molecular weight is 216 g/mol. The van der Waals surface area contributed by atoms with E-state index in [1.165, 1.54) is 0 Å². The van der Waals surface area contributed by atoms with Gasteiger partial charge in [0, 0.05) is 0 Å². The molecule has 0 bridgehead atoms. The molecule has 0 saturated heterocycles. The molecule has 0 aliphatic carbocycles. The molecule has 0 rings (SSSR count). The van der Waals surface area contributed by atoms with Crippen LogP contribution in [0.25, 0.3) is 0 Å². The molecule has 0 radical (unpaired) electrons. The highest BCUT2D eigenvalue weighted by Gasteiger charge is 2.35. The lowest BCUT2D eigenvalue weighted by Crippen LogP contribution is -2.31. The van der Waals surface area contributed by atoms with Gasteiger partial charge >= 0.3 is 11.9 Å². The summed E-state index contributed by atoms with van der Waals surface area (Å²) in [4.78, 5) is 21.6. The van der Waals surface area contributed by atoms with E-state index in [0.717, 1.165) is 19.3 Å². The Bertz CT molecular complexity index is 208. The highest BCUT2D eigenvalue weighted by Crippen LogP contribution is 2.37. The first-order valence-electron chi connectivity index (χ1n) is 5.38. The van der Waals surface area contributed by atoms with Crippen LogP contribution < -0.4 is 0 Å². The van der Waals surface area contributed by atoms with E-state index in [4.69, 9.17) is 10.2 Å². The van der Waals surface area contributed by atoms with Crippen LogP contribution in [0.15, 0.2) is 0 Å². The van der Waals surface area contributed by atoms with Crippen LogP contribution in [-0.2, 0) is 9.59 Å². The largest absolute Gasteiger partial charge is 0.481 e. The van der Waals surface area contributed by atoms with Gasteiger partial charge in [-0.15, -0.1) is 0 Å². The van der Waals surface area contributed by atoms with Crippen molar-refractivity contribution < 1.29 is 19.8 Å². The molecule has 88 valence electrons. The van der Waals surface area contributed by atoms with Gasteiger partial charge in [0.25, 0.3) is 0 Å². The van der Waals surface area contributed by atoms with Crippen molar-refractivity contribution in [3.63, 3.8) is 0 Å². The molecule has 0 aromatic rings. The first-order valence-corrected chi connectivity index (χ1v) is 5.38. The highest BCUT2D eigenvalue weighted by molar-refractivity contribution is 5.92. The number of carboxylic acid groups (broad SMARTS) is 2. The lowest BCUT2D eigenvalue weighted by atomic mass is 9.73. The minimum absolute atomic E-state index is 0.151. The van der Waals surface area contributed by atoms with Crippen molar-refractivity contribution in [1.82, 2.24) is 0 Å². The summed E-state index contributed by atoms with van der Waals surface area (Å²) in [5, 5.41) is 17.6. The van der Waals surface area contributed by atoms with Gasteiger partial charge in [-0.2, -0.15) is 0 Å². The third kappa shape index (κ3) is 3.53. The average Bonchev–Trinajstić information content (AvgIpc) is 2.20.